The van der Waals surface area contributed by atoms with Crippen LogP contribution in [0.25, 0.3) is 0 Å². The van der Waals surface area contributed by atoms with E-state index in [4.69, 9.17) is 0 Å². The first-order valence-electron chi connectivity index (χ1n) is 8.16. The van der Waals surface area contributed by atoms with Crippen LogP contribution in [0, 0.1) is 0 Å². The van der Waals surface area contributed by atoms with Gasteiger partial charge in [-0.15, -0.1) is 0 Å². The van der Waals surface area contributed by atoms with E-state index in [2.05, 4.69) is 64.7 Å². The first kappa shape index (κ1) is 19.2. The van der Waals surface area contributed by atoms with Gasteiger partial charge >= 0.3 is 0 Å². The Morgan fingerprint density at radius 2 is 1.25 bits per heavy atom. The van der Waals surface area contributed by atoms with E-state index in [1.54, 1.807) is 0 Å². The van der Waals surface area contributed by atoms with Crippen molar-refractivity contribution in [2.75, 3.05) is 19.6 Å². The maximum absolute atomic E-state index is 2.45. The molecule has 0 heterocycles. The highest BCUT2D eigenvalue weighted by molar-refractivity contribution is 5.05. The van der Waals surface area contributed by atoms with Gasteiger partial charge in [0.15, 0.2) is 0 Å². The van der Waals surface area contributed by atoms with Crippen LogP contribution in [0.3, 0.4) is 0 Å². The van der Waals surface area contributed by atoms with Crippen molar-refractivity contribution < 1.29 is 0 Å². The second-order valence-electron chi connectivity index (χ2n) is 5.95. The maximum atomic E-state index is 2.45. The van der Waals surface area contributed by atoms with Crippen LogP contribution in [-0.2, 0) is 0 Å². The summed E-state index contributed by atoms with van der Waals surface area (Å²) in [4.78, 5) is 2.45. The lowest BCUT2D eigenvalue weighted by molar-refractivity contribution is 0.336. The maximum Gasteiger partial charge on any atom is 0.0165 e. The van der Waals surface area contributed by atoms with Gasteiger partial charge in [0, 0.05) is 6.54 Å². The normalized spacial score (nSPS) is 12.9. The van der Waals surface area contributed by atoms with E-state index in [-0.39, 0.29) is 0 Å². The second kappa shape index (κ2) is 12.0. The van der Waals surface area contributed by atoms with Gasteiger partial charge in [0.1, 0.15) is 0 Å². The highest BCUT2D eigenvalue weighted by Gasteiger charge is 1.96. The molecule has 0 saturated heterocycles. The van der Waals surface area contributed by atoms with Crippen LogP contribution >= 0.6 is 0 Å². The Labute approximate surface area is 127 Å². The van der Waals surface area contributed by atoms with Gasteiger partial charge in [0.25, 0.3) is 0 Å². The van der Waals surface area contributed by atoms with Gasteiger partial charge in [-0.05, 0) is 66.5 Å². The van der Waals surface area contributed by atoms with Gasteiger partial charge in [0.2, 0.25) is 0 Å². The first-order chi connectivity index (χ1) is 9.49. The Kier molecular flexibility index (Phi) is 11.5. The van der Waals surface area contributed by atoms with Crippen molar-refractivity contribution in [3.8, 4) is 0 Å². The zero-order valence-electron chi connectivity index (χ0n) is 14.6. The third kappa shape index (κ3) is 11.0. The molecule has 20 heavy (non-hydrogen) atoms. The predicted octanol–water partition coefficient (Wildman–Crippen LogP) is 5.75. The molecule has 0 radical (unpaired) electrons. The molecule has 0 spiro atoms. The molecule has 1 heteroatoms. The summed E-state index contributed by atoms with van der Waals surface area (Å²) in [6, 6.07) is 0. The number of rotatable bonds is 10. The first-order valence-corrected chi connectivity index (χ1v) is 8.16. The molecule has 0 atom stereocenters. The SMILES string of the molecule is CCN(CC)C/C=C(/C)CC/C=C(\C)CCC=C(C)C. The van der Waals surface area contributed by atoms with Crippen LogP contribution < -0.4 is 0 Å². The lowest BCUT2D eigenvalue weighted by Crippen LogP contribution is -2.22. The Morgan fingerprint density at radius 3 is 1.75 bits per heavy atom. The van der Waals surface area contributed by atoms with Crippen molar-refractivity contribution in [1.29, 1.82) is 0 Å². The minimum absolute atomic E-state index is 1.10. The number of hydrogen-bond acceptors (Lipinski definition) is 1. The summed E-state index contributed by atoms with van der Waals surface area (Å²) in [5.41, 5.74) is 4.47. The molecular formula is C19H35N. The molecule has 0 aliphatic rings. The second-order valence-corrected chi connectivity index (χ2v) is 5.95. The minimum atomic E-state index is 1.10. The third-order valence-corrected chi connectivity index (χ3v) is 3.72. The van der Waals surface area contributed by atoms with Crippen molar-refractivity contribution >= 4 is 0 Å². The zero-order valence-corrected chi connectivity index (χ0v) is 14.6. The van der Waals surface area contributed by atoms with Crippen molar-refractivity contribution in [1.82, 2.24) is 4.90 Å². The van der Waals surface area contributed by atoms with E-state index in [9.17, 15) is 0 Å². The van der Waals surface area contributed by atoms with Crippen LogP contribution in [0.2, 0.25) is 0 Å². The number of nitrogens with zero attached hydrogens (tertiary/aromatic N) is 1. The molecule has 0 N–H and O–H groups in total. The van der Waals surface area contributed by atoms with Crippen LogP contribution in [0.1, 0.15) is 67.2 Å². The molecule has 1 nitrogen and oxygen atoms in total. The average Bonchev–Trinajstić information content (AvgIpc) is 2.39. The Balaban J connectivity index is 3.96. The molecule has 0 aliphatic carbocycles. The Morgan fingerprint density at radius 1 is 0.750 bits per heavy atom. The summed E-state index contributed by atoms with van der Waals surface area (Å²) in [7, 11) is 0. The number of allylic oxidation sites excluding steroid dienone is 5. The van der Waals surface area contributed by atoms with Gasteiger partial charge in [0.05, 0.1) is 0 Å². The zero-order chi connectivity index (χ0) is 15.4. The quantitative estimate of drug-likeness (QED) is 0.460. The number of hydrogen-bond donors (Lipinski definition) is 0. The monoisotopic (exact) mass is 277 g/mol. The van der Waals surface area contributed by atoms with Gasteiger partial charge in [-0.3, -0.25) is 0 Å². The average molecular weight is 277 g/mol. The van der Waals surface area contributed by atoms with Crippen LogP contribution in [-0.4, -0.2) is 24.5 Å². The van der Waals surface area contributed by atoms with E-state index in [0.717, 1.165) is 19.6 Å². The standard InChI is InChI=1S/C19H35N/c1-7-20(8-2)16-15-19(6)14-10-13-18(5)12-9-11-17(3)4/h11,13,15H,7-10,12,14,16H2,1-6H3/b18-13+,19-15-. The van der Waals surface area contributed by atoms with E-state index in [1.807, 2.05) is 0 Å². The van der Waals surface area contributed by atoms with Gasteiger partial charge in [-0.2, -0.15) is 0 Å². The molecule has 0 aromatic carbocycles. The smallest absolute Gasteiger partial charge is 0.0165 e. The summed E-state index contributed by atoms with van der Waals surface area (Å²) in [6.07, 6.45) is 11.9. The van der Waals surface area contributed by atoms with Crippen LogP contribution in [0.15, 0.2) is 34.9 Å². The Bertz CT molecular complexity index is 326. The topological polar surface area (TPSA) is 3.24 Å². The van der Waals surface area contributed by atoms with Gasteiger partial charge in [-0.1, -0.05) is 48.8 Å². The Hall–Kier alpha value is -0.820. The summed E-state index contributed by atoms with van der Waals surface area (Å²) < 4.78 is 0. The van der Waals surface area contributed by atoms with Crippen molar-refractivity contribution in [3.63, 3.8) is 0 Å². The fourth-order valence-corrected chi connectivity index (χ4v) is 2.11. The molecule has 0 fully saturated rings. The van der Waals surface area contributed by atoms with Crippen LogP contribution in [0.5, 0.6) is 0 Å². The number of likely N-dealkylation sites (N-methyl/N-ethyl adjacent to an activating group) is 1. The molecule has 0 rings (SSSR count). The minimum Gasteiger partial charge on any atom is -0.300 e. The summed E-state index contributed by atoms with van der Waals surface area (Å²) in [6.45, 7) is 16.7. The molecule has 0 bridgehead atoms. The van der Waals surface area contributed by atoms with Crippen molar-refractivity contribution in [3.05, 3.63) is 34.9 Å². The lowest BCUT2D eigenvalue weighted by atomic mass is 10.1. The largest absolute Gasteiger partial charge is 0.300 e. The fraction of sp³-hybridized carbons (Fsp3) is 0.684. The third-order valence-electron chi connectivity index (χ3n) is 3.72. The lowest BCUT2D eigenvalue weighted by Gasteiger charge is -2.15. The molecule has 0 amide bonds. The van der Waals surface area contributed by atoms with Crippen molar-refractivity contribution in [2.24, 2.45) is 0 Å². The molecule has 0 aromatic heterocycles. The van der Waals surface area contributed by atoms with E-state index in [0.29, 0.717) is 0 Å². The summed E-state index contributed by atoms with van der Waals surface area (Å²) >= 11 is 0. The molecule has 116 valence electrons. The molecule has 0 aliphatic heterocycles. The van der Waals surface area contributed by atoms with Gasteiger partial charge < -0.3 is 4.90 Å². The van der Waals surface area contributed by atoms with Gasteiger partial charge in [-0.25, -0.2) is 0 Å². The molecule has 0 unspecified atom stereocenters. The van der Waals surface area contributed by atoms with E-state index in [1.165, 1.54) is 42.4 Å². The summed E-state index contributed by atoms with van der Waals surface area (Å²) in [5, 5.41) is 0. The molecule has 0 saturated carbocycles. The predicted molar refractivity (Wildman–Crippen MR) is 93.2 cm³/mol. The van der Waals surface area contributed by atoms with Crippen molar-refractivity contribution in [2.45, 2.75) is 67.2 Å². The fourth-order valence-electron chi connectivity index (χ4n) is 2.11. The van der Waals surface area contributed by atoms with E-state index < -0.39 is 0 Å². The van der Waals surface area contributed by atoms with E-state index >= 15 is 0 Å². The molecule has 0 aromatic rings. The highest BCUT2D eigenvalue weighted by atomic mass is 15.1. The highest BCUT2D eigenvalue weighted by Crippen LogP contribution is 2.11. The summed E-state index contributed by atoms with van der Waals surface area (Å²) in [5.74, 6) is 0. The molecular weight excluding hydrogens is 242 g/mol. The van der Waals surface area contributed by atoms with Crippen LogP contribution in [0.4, 0.5) is 0 Å².